The van der Waals surface area contributed by atoms with Gasteiger partial charge in [0.1, 0.15) is 10.8 Å². The molecule has 0 saturated carbocycles. The molecule has 1 atom stereocenters. The Kier molecular flexibility index (Phi) is 5.01. The Morgan fingerprint density at radius 3 is 2.96 bits per heavy atom. The molecule has 3 rings (SSSR count). The zero-order valence-electron chi connectivity index (χ0n) is 12.3. The lowest BCUT2D eigenvalue weighted by molar-refractivity contribution is 0.255. The average molecular weight is 375 g/mol. The summed E-state index contributed by atoms with van der Waals surface area (Å²) in [7, 11) is -3.65. The highest BCUT2D eigenvalue weighted by molar-refractivity contribution is 7.88. The SMILES string of the molecule is O=S(=O)(Cc1cc(Cl)ccc1F)N1CCCCC1c1nccs1. The summed E-state index contributed by atoms with van der Waals surface area (Å²) in [5.41, 5.74) is 0.0981. The molecule has 2 heterocycles. The Bertz CT molecular complexity index is 781. The fourth-order valence-electron chi connectivity index (χ4n) is 2.82. The van der Waals surface area contributed by atoms with Gasteiger partial charge in [-0.3, -0.25) is 0 Å². The monoisotopic (exact) mass is 374 g/mol. The number of rotatable bonds is 4. The fourth-order valence-corrected chi connectivity index (χ4v) is 5.64. The number of nitrogens with zero attached hydrogens (tertiary/aromatic N) is 2. The molecule has 1 aromatic heterocycles. The molecule has 0 aliphatic carbocycles. The molecule has 4 nitrogen and oxygen atoms in total. The predicted octanol–water partition coefficient (Wildman–Crippen LogP) is 3.99. The number of thiazole rings is 1. The van der Waals surface area contributed by atoms with Crippen molar-refractivity contribution in [1.29, 1.82) is 0 Å². The molecule has 0 radical (unpaired) electrons. The average Bonchev–Trinajstić information content (AvgIpc) is 3.05. The molecular formula is C15H16ClFN2O2S2. The van der Waals surface area contributed by atoms with E-state index in [9.17, 15) is 12.8 Å². The zero-order valence-corrected chi connectivity index (χ0v) is 14.7. The maximum atomic E-state index is 13.9. The van der Waals surface area contributed by atoms with Crippen LogP contribution >= 0.6 is 22.9 Å². The Hall–Kier alpha value is -1.02. The van der Waals surface area contributed by atoms with Crippen molar-refractivity contribution in [1.82, 2.24) is 9.29 Å². The maximum Gasteiger partial charge on any atom is 0.219 e. The van der Waals surface area contributed by atoms with Crippen molar-refractivity contribution in [2.75, 3.05) is 6.54 Å². The third-order valence-corrected chi connectivity index (χ3v) is 6.83. The summed E-state index contributed by atoms with van der Waals surface area (Å²) in [4.78, 5) is 4.26. The lowest BCUT2D eigenvalue weighted by atomic mass is 10.1. The lowest BCUT2D eigenvalue weighted by Crippen LogP contribution is -2.39. The molecule has 1 aliphatic rings. The van der Waals surface area contributed by atoms with Crippen LogP contribution in [0.3, 0.4) is 0 Å². The van der Waals surface area contributed by atoms with Crippen molar-refractivity contribution in [3.63, 3.8) is 0 Å². The summed E-state index contributed by atoms with van der Waals surface area (Å²) in [6.07, 6.45) is 4.18. The van der Waals surface area contributed by atoms with Gasteiger partial charge in [-0.15, -0.1) is 11.3 Å². The Morgan fingerprint density at radius 1 is 1.39 bits per heavy atom. The van der Waals surface area contributed by atoms with Crippen LogP contribution in [-0.2, 0) is 15.8 Å². The molecule has 0 bridgehead atoms. The third kappa shape index (κ3) is 3.74. The Morgan fingerprint density at radius 2 is 2.22 bits per heavy atom. The smallest absolute Gasteiger partial charge is 0.219 e. The van der Waals surface area contributed by atoms with Crippen molar-refractivity contribution in [3.8, 4) is 0 Å². The van der Waals surface area contributed by atoms with Gasteiger partial charge in [-0.1, -0.05) is 18.0 Å². The topological polar surface area (TPSA) is 50.3 Å². The summed E-state index contributed by atoms with van der Waals surface area (Å²) >= 11 is 7.31. The van der Waals surface area contributed by atoms with Gasteiger partial charge in [0.2, 0.25) is 10.0 Å². The van der Waals surface area contributed by atoms with E-state index in [-0.39, 0.29) is 17.4 Å². The highest BCUT2D eigenvalue weighted by atomic mass is 35.5. The number of piperidine rings is 1. The van der Waals surface area contributed by atoms with Crippen LogP contribution in [0.25, 0.3) is 0 Å². The molecule has 0 amide bonds. The van der Waals surface area contributed by atoms with Crippen LogP contribution in [0.4, 0.5) is 4.39 Å². The molecule has 124 valence electrons. The van der Waals surface area contributed by atoms with Crippen LogP contribution in [0.2, 0.25) is 5.02 Å². The first-order valence-electron chi connectivity index (χ1n) is 7.30. The summed E-state index contributed by atoms with van der Waals surface area (Å²) in [6.45, 7) is 0.439. The number of sulfonamides is 1. The first-order chi connectivity index (χ1) is 11.0. The summed E-state index contributed by atoms with van der Waals surface area (Å²) in [5.74, 6) is -0.942. The van der Waals surface area contributed by atoms with Gasteiger partial charge in [-0.25, -0.2) is 17.8 Å². The van der Waals surface area contributed by atoms with Gasteiger partial charge >= 0.3 is 0 Å². The summed E-state index contributed by atoms with van der Waals surface area (Å²) < 4.78 is 41.0. The molecule has 23 heavy (non-hydrogen) atoms. The van der Waals surface area contributed by atoms with E-state index >= 15 is 0 Å². The van der Waals surface area contributed by atoms with Crippen LogP contribution < -0.4 is 0 Å². The first-order valence-corrected chi connectivity index (χ1v) is 10.2. The second-order valence-electron chi connectivity index (χ2n) is 5.48. The summed E-state index contributed by atoms with van der Waals surface area (Å²) in [6, 6.07) is 3.72. The van der Waals surface area contributed by atoms with E-state index in [1.165, 1.54) is 33.8 Å². The van der Waals surface area contributed by atoms with Crippen LogP contribution in [0.15, 0.2) is 29.8 Å². The van der Waals surface area contributed by atoms with Gasteiger partial charge < -0.3 is 0 Å². The minimum absolute atomic E-state index is 0.0981. The van der Waals surface area contributed by atoms with Crippen molar-refractivity contribution in [2.24, 2.45) is 0 Å². The lowest BCUT2D eigenvalue weighted by Gasteiger charge is -2.33. The van der Waals surface area contributed by atoms with Gasteiger partial charge in [0.25, 0.3) is 0 Å². The largest absolute Gasteiger partial charge is 0.248 e. The number of halogens is 2. The maximum absolute atomic E-state index is 13.9. The van der Waals surface area contributed by atoms with E-state index < -0.39 is 15.8 Å². The van der Waals surface area contributed by atoms with Gasteiger partial charge in [-0.05, 0) is 31.0 Å². The minimum Gasteiger partial charge on any atom is -0.248 e. The second kappa shape index (κ2) is 6.84. The number of hydrogen-bond acceptors (Lipinski definition) is 4. The van der Waals surface area contributed by atoms with Crippen LogP contribution in [0.5, 0.6) is 0 Å². The molecule has 2 aromatic rings. The first kappa shape index (κ1) is 16.8. The fraction of sp³-hybridized carbons (Fsp3) is 0.400. The molecule has 1 aromatic carbocycles. The van der Waals surface area contributed by atoms with Gasteiger partial charge in [0.15, 0.2) is 0 Å². The van der Waals surface area contributed by atoms with Crippen LogP contribution in [0, 0.1) is 5.82 Å². The van der Waals surface area contributed by atoms with Crippen LogP contribution in [0.1, 0.15) is 35.9 Å². The number of hydrogen-bond donors (Lipinski definition) is 0. The molecule has 8 heteroatoms. The normalized spacial score (nSPS) is 19.8. The molecule has 1 fully saturated rings. The standard InChI is InChI=1S/C15H16ClFN2O2S2/c16-12-4-5-13(17)11(9-12)10-23(20,21)19-7-2-1-3-14(19)15-18-6-8-22-15/h4-6,8-9,14H,1-3,7,10H2. The van der Waals surface area contributed by atoms with Gasteiger partial charge in [0.05, 0.1) is 11.8 Å². The minimum atomic E-state index is -3.65. The molecule has 1 aliphatic heterocycles. The second-order valence-corrected chi connectivity index (χ2v) is 8.77. The Labute approximate surface area is 144 Å². The van der Waals surface area contributed by atoms with Gasteiger partial charge in [0, 0.05) is 28.7 Å². The van der Waals surface area contributed by atoms with Crippen molar-refractivity contribution < 1.29 is 12.8 Å². The molecule has 0 spiro atoms. The van der Waals surface area contributed by atoms with E-state index in [1.807, 2.05) is 5.38 Å². The summed E-state index contributed by atoms with van der Waals surface area (Å²) in [5, 5.41) is 2.96. The highest BCUT2D eigenvalue weighted by Crippen LogP contribution is 2.35. The van der Waals surface area contributed by atoms with E-state index in [2.05, 4.69) is 4.98 Å². The van der Waals surface area contributed by atoms with Crippen molar-refractivity contribution in [2.45, 2.75) is 31.1 Å². The number of benzene rings is 1. The predicted molar refractivity (Wildman–Crippen MR) is 89.4 cm³/mol. The number of aromatic nitrogens is 1. The quantitative estimate of drug-likeness (QED) is 0.812. The third-order valence-electron chi connectivity index (χ3n) is 3.89. The van der Waals surface area contributed by atoms with Crippen LogP contribution in [-0.4, -0.2) is 24.3 Å². The Balaban J connectivity index is 1.89. The van der Waals surface area contributed by atoms with E-state index in [1.54, 1.807) is 6.20 Å². The molecule has 1 saturated heterocycles. The van der Waals surface area contributed by atoms with E-state index in [0.29, 0.717) is 11.6 Å². The zero-order chi connectivity index (χ0) is 16.4. The van der Waals surface area contributed by atoms with Crippen molar-refractivity contribution in [3.05, 3.63) is 51.2 Å². The van der Waals surface area contributed by atoms with Crippen molar-refractivity contribution >= 4 is 33.0 Å². The molecule has 0 N–H and O–H groups in total. The van der Waals surface area contributed by atoms with E-state index in [0.717, 1.165) is 24.3 Å². The molecular weight excluding hydrogens is 359 g/mol. The molecule has 1 unspecified atom stereocenters. The van der Waals surface area contributed by atoms with E-state index in [4.69, 9.17) is 11.6 Å². The van der Waals surface area contributed by atoms with Gasteiger partial charge in [-0.2, -0.15) is 4.31 Å². The highest BCUT2D eigenvalue weighted by Gasteiger charge is 2.35.